The highest BCUT2D eigenvalue weighted by atomic mass is 32.1. The number of benzene rings is 1. The number of nitrogens with zero attached hydrogens (tertiary/aromatic N) is 5. The van der Waals surface area contributed by atoms with Crippen molar-refractivity contribution in [3.8, 4) is 0 Å². The van der Waals surface area contributed by atoms with Crippen molar-refractivity contribution in [2.24, 2.45) is 5.92 Å². The van der Waals surface area contributed by atoms with Crippen LogP contribution < -0.4 is 0 Å². The third-order valence-corrected chi connectivity index (χ3v) is 5.75. The van der Waals surface area contributed by atoms with Gasteiger partial charge in [-0.25, -0.2) is 0 Å². The second-order valence-electron chi connectivity index (χ2n) is 7.25. The van der Waals surface area contributed by atoms with Crippen LogP contribution in [0.1, 0.15) is 53.7 Å². The number of amides is 1. The van der Waals surface area contributed by atoms with E-state index in [9.17, 15) is 4.79 Å². The molecule has 0 radical (unpaired) electrons. The summed E-state index contributed by atoms with van der Waals surface area (Å²) in [7, 11) is 0. The van der Waals surface area contributed by atoms with E-state index in [2.05, 4.69) is 18.9 Å². The average molecular weight is 369 g/mol. The van der Waals surface area contributed by atoms with Gasteiger partial charge in [0.05, 0.1) is 11.7 Å². The van der Waals surface area contributed by atoms with Gasteiger partial charge in [0, 0.05) is 31.0 Å². The first-order chi connectivity index (χ1) is 12.8. The van der Waals surface area contributed by atoms with Gasteiger partial charge in [0.2, 0.25) is 5.89 Å². The Morgan fingerprint density at radius 3 is 3.00 bits per heavy atom. The van der Waals surface area contributed by atoms with E-state index in [0.717, 1.165) is 49.2 Å². The maximum Gasteiger partial charge on any atom is 0.253 e. The topological polar surface area (TPSA) is 85.0 Å². The monoisotopic (exact) mass is 369 g/mol. The van der Waals surface area contributed by atoms with E-state index in [-0.39, 0.29) is 5.91 Å². The van der Waals surface area contributed by atoms with Gasteiger partial charge in [0.15, 0.2) is 5.82 Å². The second-order valence-corrected chi connectivity index (χ2v) is 7.78. The van der Waals surface area contributed by atoms with Crippen molar-refractivity contribution in [1.82, 2.24) is 23.8 Å². The standard InChI is InChI=1S/C18H19N5O2S/c24-18(13-5-6-14-15(9-13)22-26-21-14)23-7-1-2-11(10-23)8-16-19-17(20-25-16)12-3-4-12/h5-6,9,11-12H,1-4,7-8,10H2. The van der Waals surface area contributed by atoms with Crippen LogP contribution in [0, 0.1) is 5.92 Å². The van der Waals surface area contributed by atoms with Crippen LogP contribution in [-0.2, 0) is 6.42 Å². The normalized spacial score (nSPS) is 20.6. The molecule has 1 amide bonds. The molecule has 1 saturated heterocycles. The Morgan fingerprint density at radius 1 is 1.23 bits per heavy atom. The summed E-state index contributed by atoms with van der Waals surface area (Å²) in [5.41, 5.74) is 2.30. The number of rotatable bonds is 4. The molecule has 0 N–H and O–H groups in total. The molecule has 134 valence electrons. The number of carbonyl (C=O) groups is 1. The molecule has 1 saturated carbocycles. The summed E-state index contributed by atoms with van der Waals surface area (Å²) >= 11 is 1.17. The Bertz CT molecular complexity index is 948. The molecule has 3 aromatic rings. The third-order valence-electron chi connectivity index (χ3n) is 5.20. The van der Waals surface area contributed by atoms with Crippen molar-refractivity contribution in [1.29, 1.82) is 0 Å². The molecular formula is C18H19N5O2S. The number of fused-ring (bicyclic) bond motifs is 1. The zero-order valence-electron chi connectivity index (χ0n) is 14.3. The summed E-state index contributed by atoms with van der Waals surface area (Å²) in [4.78, 5) is 19.4. The Kier molecular flexibility index (Phi) is 3.92. The summed E-state index contributed by atoms with van der Waals surface area (Å²) in [5, 5.41) is 4.09. The van der Waals surface area contributed by atoms with E-state index in [1.165, 1.54) is 24.6 Å². The SMILES string of the molecule is O=C(c1ccc2nsnc2c1)N1CCCC(Cc2nc(C3CC3)no2)C1. The van der Waals surface area contributed by atoms with Gasteiger partial charge < -0.3 is 9.42 Å². The molecule has 0 bridgehead atoms. The van der Waals surface area contributed by atoms with Gasteiger partial charge in [-0.1, -0.05) is 5.16 Å². The summed E-state index contributed by atoms with van der Waals surface area (Å²) in [5.74, 6) is 2.50. The van der Waals surface area contributed by atoms with Crippen LogP contribution in [0.5, 0.6) is 0 Å². The molecule has 1 atom stereocenters. The van der Waals surface area contributed by atoms with Crippen LogP contribution in [0.2, 0.25) is 0 Å². The van der Waals surface area contributed by atoms with Crippen LogP contribution >= 0.6 is 11.7 Å². The van der Waals surface area contributed by atoms with Gasteiger partial charge in [0.1, 0.15) is 11.0 Å². The molecule has 1 aliphatic carbocycles. The van der Waals surface area contributed by atoms with Gasteiger partial charge in [0.25, 0.3) is 5.91 Å². The van der Waals surface area contributed by atoms with Gasteiger partial charge in [-0.3, -0.25) is 4.79 Å². The van der Waals surface area contributed by atoms with Crippen LogP contribution in [0.15, 0.2) is 22.7 Å². The fourth-order valence-corrected chi connectivity index (χ4v) is 4.14. The molecule has 1 aliphatic heterocycles. The van der Waals surface area contributed by atoms with E-state index in [1.54, 1.807) is 0 Å². The lowest BCUT2D eigenvalue weighted by Gasteiger charge is -2.32. The molecule has 26 heavy (non-hydrogen) atoms. The van der Waals surface area contributed by atoms with Crippen molar-refractivity contribution < 1.29 is 9.32 Å². The van der Waals surface area contributed by atoms with Crippen molar-refractivity contribution in [2.45, 2.75) is 38.0 Å². The number of piperidine rings is 1. The third kappa shape index (κ3) is 3.09. The minimum absolute atomic E-state index is 0.0637. The van der Waals surface area contributed by atoms with Gasteiger partial charge in [-0.05, 0) is 49.8 Å². The van der Waals surface area contributed by atoms with Gasteiger partial charge in [-0.15, -0.1) is 0 Å². The molecule has 5 rings (SSSR count). The van der Waals surface area contributed by atoms with Crippen LogP contribution in [-0.4, -0.2) is 42.8 Å². The Balaban J connectivity index is 1.27. The maximum atomic E-state index is 12.9. The Labute approximate surface area is 154 Å². The summed E-state index contributed by atoms with van der Waals surface area (Å²) in [6.45, 7) is 1.52. The maximum absolute atomic E-state index is 12.9. The minimum atomic E-state index is 0.0637. The predicted molar refractivity (Wildman–Crippen MR) is 96.0 cm³/mol. The Hall–Kier alpha value is -2.35. The van der Waals surface area contributed by atoms with Crippen molar-refractivity contribution in [2.75, 3.05) is 13.1 Å². The first-order valence-electron chi connectivity index (χ1n) is 9.10. The van der Waals surface area contributed by atoms with E-state index in [4.69, 9.17) is 4.52 Å². The van der Waals surface area contributed by atoms with Crippen molar-refractivity contribution in [3.63, 3.8) is 0 Å². The van der Waals surface area contributed by atoms with E-state index >= 15 is 0 Å². The number of aromatic nitrogens is 4. The molecule has 2 fully saturated rings. The van der Waals surface area contributed by atoms with Crippen molar-refractivity contribution in [3.05, 3.63) is 35.5 Å². The van der Waals surface area contributed by atoms with Crippen LogP contribution in [0.3, 0.4) is 0 Å². The van der Waals surface area contributed by atoms with Crippen molar-refractivity contribution >= 4 is 28.7 Å². The number of hydrogen-bond acceptors (Lipinski definition) is 7. The van der Waals surface area contributed by atoms with E-state index in [0.29, 0.717) is 23.3 Å². The summed E-state index contributed by atoms with van der Waals surface area (Å²) in [6, 6.07) is 5.55. The molecule has 3 heterocycles. The fraction of sp³-hybridized carbons (Fsp3) is 0.500. The van der Waals surface area contributed by atoms with E-state index < -0.39 is 0 Å². The molecule has 1 unspecified atom stereocenters. The highest BCUT2D eigenvalue weighted by molar-refractivity contribution is 7.00. The van der Waals surface area contributed by atoms with Crippen LogP contribution in [0.25, 0.3) is 11.0 Å². The van der Waals surface area contributed by atoms with Gasteiger partial charge >= 0.3 is 0 Å². The lowest BCUT2D eigenvalue weighted by molar-refractivity contribution is 0.0668. The van der Waals surface area contributed by atoms with Crippen LogP contribution in [0.4, 0.5) is 0 Å². The lowest BCUT2D eigenvalue weighted by Crippen LogP contribution is -2.40. The molecule has 2 aromatic heterocycles. The zero-order valence-corrected chi connectivity index (χ0v) is 15.1. The number of likely N-dealkylation sites (tertiary alicyclic amines) is 1. The lowest BCUT2D eigenvalue weighted by atomic mass is 9.94. The largest absolute Gasteiger partial charge is 0.339 e. The molecule has 0 spiro atoms. The molecule has 7 nitrogen and oxygen atoms in total. The van der Waals surface area contributed by atoms with E-state index in [1.807, 2.05) is 23.1 Å². The fourth-order valence-electron chi connectivity index (χ4n) is 3.62. The molecule has 1 aromatic carbocycles. The second kappa shape index (κ2) is 6.42. The molecular weight excluding hydrogens is 350 g/mol. The first-order valence-corrected chi connectivity index (χ1v) is 9.83. The predicted octanol–water partition coefficient (Wildman–Crippen LogP) is 3.05. The number of carbonyl (C=O) groups excluding carboxylic acids is 1. The smallest absolute Gasteiger partial charge is 0.253 e. The number of hydrogen-bond donors (Lipinski definition) is 0. The molecule has 8 heteroatoms. The summed E-state index contributed by atoms with van der Waals surface area (Å²) < 4.78 is 13.8. The highest BCUT2D eigenvalue weighted by Crippen LogP contribution is 2.38. The average Bonchev–Trinajstić information content (AvgIpc) is 3.23. The summed E-state index contributed by atoms with van der Waals surface area (Å²) in [6.07, 6.45) is 5.17. The highest BCUT2D eigenvalue weighted by Gasteiger charge is 2.30. The Morgan fingerprint density at radius 2 is 2.12 bits per heavy atom. The zero-order chi connectivity index (χ0) is 17.5. The molecule has 2 aliphatic rings. The minimum Gasteiger partial charge on any atom is -0.339 e. The quantitative estimate of drug-likeness (QED) is 0.703. The van der Waals surface area contributed by atoms with Gasteiger partial charge in [-0.2, -0.15) is 13.7 Å². The first kappa shape index (κ1) is 15.9.